The fourth-order valence-corrected chi connectivity index (χ4v) is 2.63. The summed E-state index contributed by atoms with van der Waals surface area (Å²) >= 11 is 0. The molecule has 6 nitrogen and oxygen atoms in total. The Bertz CT molecular complexity index is 668. The Hall–Kier alpha value is -2.44. The van der Waals surface area contributed by atoms with Crippen LogP contribution in [-0.2, 0) is 20.8 Å². The molecule has 0 bridgehead atoms. The number of pyridine rings is 1. The van der Waals surface area contributed by atoms with Crippen molar-refractivity contribution in [1.29, 1.82) is 0 Å². The second kappa shape index (κ2) is 7.42. The van der Waals surface area contributed by atoms with E-state index in [0.717, 1.165) is 16.9 Å². The second-order valence-corrected chi connectivity index (χ2v) is 5.74. The van der Waals surface area contributed by atoms with E-state index in [1.54, 1.807) is 19.5 Å². The molecule has 0 aliphatic carbocycles. The van der Waals surface area contributed by atoms with Gasteiger partial charge in [-0.15, -0.1) is 0 Å². The van der Waals surface area contributed by atoms with Crippen molar-refractivity contribution in [3.05, 3.63) is 54.4 Å². The second-order valence-electron chi connectivity index (χ2n) is 5.74. The molecule has 1 unspecified atom stereocenters. The van der Waals surface area contributed by atoms with E-state index in [1.807, 2.05) is 36.4 Å². The number of carbonyl (C=O) groups excluding carboxylic acids is 1. The van der Waals surface area contributed by atoms with Crippen LogP contribution in [0.4, 0.5) is 11.4 Å². The molecule has 3 rings (SSSR count). The first-order valence-corrected chi connectivity index (χ1v) is 7.89. The lowest BCUT2D eigenvalue weighted by Crippen LogP contribution is -2.48. The third-order valence-corrected chi connectivity index (χ3v) is 4.17. The van der Waals surface area contributed by atoms with E-state index in [0.29, 0.717) is 26.2 Å². The van der Waals surface area contributed by atoms with Crippen molar-refractivity contribution in [2.45, 2.75) is 18.6 Å². The number of hydrogen-bond donors (Lipinski definition) is 2. The van der Waals surface area contributed by atoms with Gasteiger partial charge in [-0.2, -0.15) is 0 Å². The Morgan fingerprint density at radius 3 is 2.54 bits per heavy atom. The Morgan fingerprint density at radius 2 is 1.92 bits per heavy atom. The normalized spacial score (nSPS) is 19.9. The summed E-state index contributed by atoms with van der Waals surface area (Å²) in [6, 6.07) is 11.7. The van der Waals surface area contributed by atoms with Crippen LogP contribution in [0.1, 0.15) is 12.0 Å². The summed E-state index contributed by atoms with van der Waals surface area (Å²) in [6.07, 6.45) is 4.07. The van der Waals surface area contributed by atoms with Gasteiger partial charge in [0.15, 0.2) is 5.60 Å². The molecule has 6 heteroatoms. The van der Waals surface area contributed by atoms with E-state index in [-0.39, 0.29) is 5.91 Å². The van der Waals surface area contributed by atoms with Crippen LogP contribution >= 0.6 is 0 Å². The van der Waals surface area contributed by atoms with E-state index in [4.69, 9.17) is 9.47 Å². The van der Waals surface area contributed by atoms with Crippen LogP contribution in [0.15, 0.2) is 48.8 Å². The number of hydrogen-bond acceptors (Lipinski definition) is 5. The lowest BCUT2D eigenvalue weighted by molar-refractivity contribution is -0.143. The van der Waals surface area contributed by atoms with Crippen LogP contribution in [0.5, 0.6) is 0 Å². The molecule has 0 radical (unpaired) electrons. The van der Waals surface area contributed by atoms with Crippen LogP contribution in [-0.4, -0.2) is 36.8 Å². The minimum absolute atomic E-state index is 0.124. The number of carbonyl (C=O) groups is 1. The summed E-state index contributed by atoms with van der Waals surface area (Å²) < 4.78 is 10.7. The maximum atomic E-state index is 12.3. The quantitative estimate of drug-likeness (QED) is 0.851. The molecule has 0 saturated carbocycles. The van der Waals surface area contributed by atoms with Crippen LogP contribution in [0.3, 0.4) is 0 Å². The Balaban J connectivity index is 1.55. The van der Waals surface area contributed by atoms with Crippen LogP contribution in [0.25, 0.3) is 0 Å². The average molecular weight is 327 g/mol. The number of aromatic nitrogens is 1. The first-order valence-electron chi connectivity index (χ1n) is 7.89. The summed E-state index contributed by atoms with van der Waals surface area (Å²) in [7, 11) is 1.55. The molecule has 126 valence electrons. The van der Waals surface area contributed by atoms with E-state index in [9.17, 15) is 4.79 Å². The van der Waals surface area contributed by atoms with Crippen molar-refractivity contribution in [2.24, 2.45) is 0 Å². The molecule has 1 aromatic carbocycles. The topological polar surface area (TPSA) is 72.5 Å². The maximum Gasteiger partial charge on any atom is 0.255 e. The van der Waals surface area contributed by atoms with Crippen LogP contribution in [0.2, 0.25) is 0 Å². The molecular weight excluding hydrogens is 306 g/mol. The number of ether oxygens (including phenoxy) is 2. The molecule has 2 heterocycles. The fraction of sp³-hybridized carbons (Fsp3) is 0.333. The zero-order chi connectivity index (χ0) is 16.8. The van der Waals surface area contributed by atoms with E-state index >= 15 is 0 Å². The van der Waals surface area contributed by atoms with Gasteiger partial charge in [0, 0.05) is 43.8 Å². The number of nitrogens with one attached hydrogen (secondary N) is 2. The van der Waals surface area contributed by atoms with Crippen molar-refractivity contribution >= 4 is 17.3 Å². The first-order chi connectivity index (χ1) is 11.7. The Morgan fingerprint density at radius 1 is 1.21 bits per heavy atom. The molecular formula is C18H21N3O3. The highest BCUT2D eigenvalue weighted by molar-refractivity contribution is 5.85. The van der Waals surface area contributed by atoms with Crippen molar-refractivity contribution in [3.63, 3.8) is 0 Å². The zero-order valence-corrected chi connectivity index (χ0v) is 13.6. The number of benzene rings is 1. The van der Waals surface area contributed by atoms with Gasteiger partial charge >= 0.3 is 0 Å². The average Bonchev–Trinajstić information content (AvgIpc) is 3.12. The largest absolute Gasteiger partial charge is 0.378 e. The predicted octanol–water partition coefficient (Wildman–Crippen LogP) is 2.25. The minimum Gasteiger partial charge on any atom is -0.378 e. The summed E-state index contributed by atoms with van der Waals surface area (Å²) in [5, 5.41) is 6.22. The molecule has 1 atom stereocenters. The predicted molar refractivity (Wildman–Crippen MR) is 91.0 cm³/mol. The van der Waals surface area contributed by atoms with Gasteiger partial charge in [0.2, 0.25) is 0 Å². The lowest BCUT2D eigenvalue weighted by Gasteiger charge is -2.24. The number of anilines is 2. The highest BCUT2D eigenvalue weighted by atomic mass is 16.6. The van der Waals surface area contributed by atoms with Crippen molar-refractivity contribution in [2.75, 3.05) is 25.6 Å². The molecule has 1 aromatic heterocycles. The fourth-order valence-electron chi connectivity index (χ4n) is 2.63. The van der Waals surface area contributed by atoms with Gasteiger partial charge in [0.25, 0.3) is 5.91 Å². The standard InChI is InChI=1S/C18H21N3O3/c1-23-18(8-11-24-13-18)17(22)20-12-14-2-4-15(5-3-14)21-16-6-9-19-10-7-16/h2-7,9-10H,8,11-13H2,1H3,(H,19,21)(H,20,22). The van der Waals surface area contributed by atoms with Gasteiger partial charge in [-0.1, -0.05) is 12.1 Å². The van der Waals surface area contributed by atoms with E-state index < -0.39 is 5.60 Å². The zero-order valence-electron chi connectivity index (χ0n) is 13.6. The number of nitrogens with zero attached hydrogens (tertiary/aromatic N) is 1. The smallest absolute Gasteiger partial charge is 0.255 e. The minimum atomic E-state index is -0.844. The van der Waals surface area contributed by atoms with Crippen LogP contribution in [0, 0.1) is 0 Å². The van der Waals surface area contributed by atoms with Gasteiger partial charge in [-0.3, -0.25) is 9.78 Å². The molecule has 2 aromatic rings. The number of rotatable bonds is 6. The van der Waals surface area contributed by atoms with Crippen molar-refractivity contribution in [1.82, 2.24) is 10.3 Å². The maximum absolute atomic E-state index is 12.3. The molecule has 1 aliphatic heterocycles. The summed E-state index contributed by atoms with van der Waals surface area (Å²) in [5.74, 6) is -0.124. The lowest BCUT2D eigenvalue weighted by atomic mass is 10.0. The first kappa shape index (κ1) is 16.4. The van der Waals surface area contributed by atoms with Gasteiger partial charge < -0.3 is 20.1 Å². The highest BCUT2D eigenvalue weighted by Crippen LogP contribution is 2.23. The number of methoxy groups -OCH3 is 1. The SMILES string of the molecule is COC1(C(=O)NCc2ccc(Nc3ccncc3)cc2)CCOC1. The van der Waals surface area contributed by atoms with E-state index in [2.05, 4.69) is 15.6 Å². The Kier molecular flexibility index (Phi) is 5.08. The van der Waals surface area contributed by atoms with Gasteiger partial charge in [0.05, 0.1) is 13.2 Å². The third kappa shape index (κ3) is 3.72. The molecule has 2 N–H and O–H groups in total. The molecule has 1 fully saturated rings. The molecule has 24 heavy (non-hydrogen) atoms. The molecule has 1 saturated heterocycles. The highest BCUT2D eigenvalue weighted by Gasteiger charge is 2.42. The molecule has 1 aliphatic rings. The summed E-state index contributed by atoms with van der Waals surface area (Å²) in [4.78, 5) is 16.3. The van der Waals surface area contributed by atoms with Gasteiger partial charge in [0.1, 0.15) is 0 Å². The Labute approximate surface area is 141 Å². The molecule has 1 amide bonds. The van der Waals surface area contributed by atoms with Crippen molar-refractivity contribution < 1.29 is 14.3 Å². The van der Waals surface area contributed by atoms with E-state index in [1.165, 1.54) is 0 Å². The van der Waals surface area contributed by atoms with Gasteiger partial charge in [-0.25, -0.2) is 0 Å². The van der Waals surface area contributed by atoms with Crippen LogP contribution < -0.4 is 10.6 Å². The monoisotopic (exact) mass is 327 g/mol. The summed E-state index contributed by atoms with van der Waals surface area (Å²) in [5.41, 5.74) is 2.14. The van der Waals surface area contributed by atoms with Gasteiger partial charge in [-0.05, 0) is 29.8 Å². The number of amides is 1. The summed E-state index contributed by atoms with van der Waals surface area (Å²) in [6.45, 7) is 1.32. The molecule has 0 spiro atoms. The third-order valence-electron chi connectivity index (χ3n) is 4.17. The van der Waals surface area contributed by atoms with Crippen molar-refractivity contribution in [3.8, 4) is 0 Å².